The molecule has 0 aliphatic heterocycles. The van der Waals surface area contributed by atoms with Gasteiger partial charge in [-0.05, 0) is 17.5 Å². The van der Waals surface area contributed by atoms with Crippen LogP contribution >= 0.6 is 0 Å². The van der Waals surface area contributed by atoms with Crippen molar-refractivity contribution in [2.75, 3.05) is 11.5 Å². The Hall–Kier alpha value is -3.01. The van der Waals surface area contributed by atoms with E-state index in [1.54, 1.807) is 48.5 Å². The topological polar surface area (TPSA) is 89.3 Å². The van der Waals surface area contributed by atoms with E-state index in [9.17, 15) is 9.90 Å². The van der Waals surface area contributed by atoms with Crippen LogP contribution in [0.25, 0.3) is 10.8 Å². The summed E-state index contributed by atoms with van der Waals surface area (Å²) < 4.78 is 0. The number of hydrogen-bond acceptors (Lipinski definition) is 4. The van der Waals surface area contributed by atoms with Crippen LogP contribution in [0.2, 0.25) is 0 Å². The minimum absolute atomic E-state index is 0.0707. The van der Waals surface area contributed by atoms with E-state index < -0.39 is 0 Å². The Morgan fingerprint density at radius 2 is 1.62 bits per heavy atom. The van der Waals surface area contributed by atoms with Crippen LogP contribution in [0.4, 0.5) is 11.4 Å². The number of anilines is 2. The molecule has 4 heteroatoms. The van der Waals surface area contributed by atoms with Gasteiger partial charge in [0.25, 0.3) is 0 Å². The van der Waals surface area contributed by atoms with Crippen molar-refractivity contribution in [3.8, 4) is 5.75 Å². The Morgan fingerprint density at radius 1 is 0.905 bits per heavy atom. The summed E-state index contributed by atoms with van der Waals surface area (Å²) in [5, 5.41) is 11.1. The van der Waals surface area contributed by atoms with Gasteiger partial charge in [-0.25, -0.2) is 0 Å². The van der Waals surface area contributed by atoms with Gasteiger partial charge in [-0.3, -0.25) is 4.79 Å². The van der Waals surface area contributed by atoms with Crippen LogP contribution in [0.3, 0.4) is 0 Å². The monoisotopic (exact) mass is 278 g/mol. The van der Waals surface area contributed by atoms with Crippen molar-refractivity contribution in [3.63, 3.8) is 0 Å². The molecule has 0 aromatic heterocycles. The van der Waals surface area contributed by atoms with E-state index in [2.05, 4.69) is 0 Å². The fraction of sp³-hybridized carbons (Fsp3) is 0. The summed E-state index contributed by atoms with van der Waals surface area (Å²) in [6.07, 6.45) is 0. The molecule has 0 fully saturated rings. The van der Waals surface area contributed by atoms with Crippen LogP contribution in [0.1, 0.15) is 15.9 Å². The fourth-order valence-electron chi connectivity index (χ4n) is 2.42. The summed E-state index contributed by atoms with van der Waals surface area (Å²) in [5.74, 6) is -0.141. The molecule has 0 unspecified atom stereocenters. The molecule has 5 N–H and O–H groups in total. The smallest absolute Gasteiger partial charge is 0.195 e. The first-order chi connectivity index (χ1) is 10.1. The number of ketones is 1. The Balaban J connectivity index is 2.34. The Kier molecular flexibility index (Phi) is 2.99. The second kappa shape index (κ2) is 4.83. The molecule has 0 amide bonds. The molecule has 3 aromatic carbocycles. The highest BCUT2D eigenvalue weighted by molar-refractivity contribution is 6.21. The number of rotatable bonds is 2. The maximum absolute atomic E-state index is 12.7. The zero-order chi connectivity index (χ0) is 15.0. The van der Waals surface area contributed by atoms with Gasteiger partial charge >= 0.3 is 0 Å². The number of phenolic OH excluding ortho intramolecular Hbond substituents is 1. The molecule has 3 aromatic rings. The highest BCUT2D eigenvalue weighted by Gasteiger charge is 2.19. The van der Waals surface area contributed by atoms with E-state index in [-0.39, 0.29) is 22.9 Å². The third kappa shape index (κ3) is 2.07. The van der Waals surface area contributed by atoms with Gasteiger partial charge in [0.2, 0.25) is 0 Å². The van der Waals surface area contributed by atoms with Crippen molar-refractivity contribution in [1.82, 2.24) is 0 Å². The summed E-state index contributed by atoms with van der Waals surface area (Å²) in [6, 6.07) is 15.4. The minimum atomic E-state index is -0.212. The Labute approximate surface area is 121 Å². The first kappa shape index (κ1) is 13.0. The van der Waals surface area contributed by atoms with Crippen LogP contribution < -0.4 is 11.5 Å². The molecule has 0 atom stereocenters. The van der Waals surface area contributed by atoms with Crippen molar-refractivity contribution in [3.05, 3.63) is 65.7 Å². The molecule has 0 radical (unpaired) electrons. The second-order valence-electron chi connectivity index (χ2n) is 4.82. The van der Waals surface area contributed by atoms with Gasteiger partial charge in [0.05, 0.1) is 16.9 Å². The van der Waals surface area contributed by atoms with Crippen molar-refractivity contribution >= 4 is 27.9 Å². The van der Waals surface area contributed by atoms with Crippen LogP contribution in [0.5, 0.6) is 5.75 Å². The van der Waals surface area contributed by atoms with Gasteiger partial charge in [0, 0.05) is 10.9 Å². The first-order valence-electron chi connectivity index (χ1n) is 6.49. The maximum Gasteiger partial charge on any atom is 0.195 e. The number of hydrogen-bond donors (Lipinski definition) is 3. The number of carbonyl (C=O) groups excluding carboxylic acids is 1. The average Bonchev–Trinajstić information content (AvgIpc) is 2.50. The first-order valence-corrected chi connectivity index (χ1v) is 6.49. The van der Waals surface area contributed by atoms with Crippen LogP contribution in [0.15, 0.2) is 54.6 Å². The lowest BCUT2D eigenvalue weighted by molar-refractivity contribution is 0.104. The van der Waals surface area contributed by atoms with Crippen LogP contribution in [-0.2, 0) is 0 Å². The predicted octanol–water partition coefficient (Wildman–Crippen LogP) is 2.94. The summed E-state index contributed by atoms with van der Waals surface area (Å²) >= 11 is 0. The second-order valence-corrected chi connectivity index (χ2v) is 4.82. The van der Waals surface area contributed by atoms with Crippen molar-refractivity contribution in [2.24, 2.45) is 0 Å². The Bertz CT molecular complexity index is 842. The average molecular weight is 278 g/mol. The molecule has 0 saturated heterocycles. The van der Waals surface area contributed by atoms with E-state index >= 15 is 0 Å². The van der Waals surface area contributed by atoms with Gasteiger partial charge in [-0.15, -0.1) is 0 Å². The van der Waals surface area contributed by atoms with Crippen LogP contribution in [-0.4, -0.2) is 10.9 Å². The van der Waals surface area contributed by atoms with Crippen LogP contribution in [0, 0.1) is 0 Å². The number of phenols is 1. The quantitative estimate of drug-likeness (QED) is 0.496. The number of nitrogen functional groups attached to an aromatic ring is 2. The molecular formula is C17H14N2O2. The lowest BCUT2D eigenvalue weighted by Crippen LogP contribution is -2.08. The number of carbonyl (C=O) groups is 1. The van der Waals surface area contributed by atoms with E-state index in [1.807, 2.05) is 6.07 Å². The van der Waals surface area contributed by atoms with Gasteiger partial charge in [-0.2, -0.15) is 0 Å². The molecule has 0 heterocycles. The largest absolute Gasteiger partial charge is 0.507 e. The molecule has 104 valence electrons. The highest BCUT2D eigenvalue weighted by atomic mass is 16.3. The van der Waals surface area contributed by atoms with Gasteiger partial charge in [0.1, 0.15) is 5.75 Å². The third-order valence-electron chi connectivity index (χ3n) is 3.50. The van der Waals surface area contributed by atoms with Gasteiger partial charge in [-0.1, -0.05) is 42.5 Å². The van der Waals surface area contributed by atoms with Gasteiger partial charge in [0.15, 0.2) is 5.78 Å². The number of nitrogens with two attached hydrogens (primary N) is 2. The fourth-order valence-corrected chi connectivity index (χ4v) is 2.42. The van der Waals surface area contributed by atoms with E-state index in [1.165, 1.54) is 0 Å². The molecular weight excluding hydrogens is 264 g/mol. The SMILES string of the molecule is Nc1cc2c(O)cccc2c(C(=O)c2ccccc2)c1N. The molecule has 3 rings (SSSR count). The molecule has 0 bridgehead atoms. The van der Waals surface area contributed by atoms with Crippen molar-refractivity contribution in [1.29, 1.82) is 0 Å². The predicted molar refractivity (Wildman–Crippen MR) is 84.3 cm³/mol. The van der Waals surface area contributed by atoms with E-state index in [0.29, 0.717) is 21.9 Å². The van der Waals surface area contributed by atoms with E-state index in [4.69, 9.17) is 11.5 Å². The summed E-state index contributed by atoms with van der Waals surface area (Å²) in [7, 11) is 0. The zero-order valence-corrected chi connectivity index (χ0v) is 11.2. The number of fused-ring (bicyclic) bond motifs is 1. The number of aromatic hydroxyl groups is 1. The standard InChI is InChI=1S/C17H14N2O2/c18-13-9-12-11(7-4-8-14(12)20)15(16(13)19)17(21)10-5-2-1-3-6-10/h1-9,20H,18-19H2. The van der Waals surface area contributed by atoms with Crippen molar-refractivity contribution < 1.29 is 9.90 Å². The summed E-state index contributed by atoms with van der Waals surface area (Å²) in [4.78, 5) is 12.7. The third-order valence-corrected chi connectivity index (χ3v) is 3.50. The number of benzene rings is 3. The molecule has 0 spiro atoms. The van der Waals surface area contributed by atoms with E-state index in [0.717, 1.165) is 0 Å². The lowest BCUT2D eigenvalue weighted by atomic mass is 9.94. The molecule has 4 nitrogen and oxygen atoms in total. The van der Waals surface area contributed by atoms with Gasteiger partial charge < -0.3 is 16.6 Å². The minimum Gasteiger partial charge on any atom is -0.507 e. The summed E-state index contributed by atoms with van der Waals surface area (Å²) in [6.45, 7) is 0. The van der Waals surface area contributed by atoms with Crippen molar-refractivity contribution in [2.45, 2.75) is 0 Å². The molecule has 0 aliphatic carbocycles. The zero-order valence-electron chi connectivity index (χ0n) is 11.2. The molecule has 0 aliphatic rings. The highest BCUT2D eigenvalue weighted by Crippen LogP contribution is 2.35. The lowest BCUT2D eigenvalue weighted by Gasteiger charge is -2.12. The summed E-state index contributed by atoms with van der Waals surface area (Å²) in [5.41, 5.74) is 13.3. The molecule has 0 saturated carbocycles. The maximum atomic E-state index is 12.7. The Morgan fingerprint density at radius 3 is 2.33 bits per heavy atom. The molecule has 21 heavy (non-hydrogen) atoms. The normalized spacial score (nSPS) is 10.7.